The van der Waals surface area contributed by atoms with E-state index in [0.29, 0.717) is 32.1 Å². The molecule has 0 aromatic heterocycles. The number of carbonyl (C=O) groups excluding carboxylic acids is 11. The first-order chi connectivity index (χ1) is 40.1. The van der Waals surface area contributed by atoms with Crippen LogP contribution < -0.4 is 70.0 Å². The lowest BCUT2D eigenvalue weighted by molar-refractivity contribution is -0.157. The van der Waals surface area contributed by atoms with Gasteiger partial charge >= 0.3 is 5.97 Å². The van der Waals surface area contributed by atoms with E-state index in [-0.39, 0.29) is 31.8 Å². The molecule has 478 valence electrons. The van der Waals surface area contributed by atoms with E-state index in [2.05, 4.69) is 63.5 Å². The van der Waals surface area contributed by atoms with Crippen LogP contribution >= 0.6 is 0 Å². The van der Waals surface area contributed by atoms with E-state index in [4.69, 9.17) is 16.2 Å². The van der Waals surface area contributed by atoms with Crippen molar-refractivity contribution in [1.29, 1.82) is 0 Å². The maximum absolute atomic E-state index is 14.4. The first-order valence-corrected chi connectivity index (χ1v) is 29.4. The summed E-state index contributed by atoms with van der Waals surface area (Å²) in [7, 11) is 1.63. The second-order valence-corrected chi connectivity index (χ2v) is 21.9. The summed E-state index contributed by atoms with van der Waals surface area (Å²) < 4.78 is 5.64. The van der Waals surface area contributed by atoms with Gasteiger partial charge in [0.2, 0.25) is 59.1 Å². The zero-order valence-corrected chi connectivity index (χ0v) is 51.3. The molecule has 1 aliphatic rings. The Labute approximate surface area is 498 Å². The Bertz CT molecular complexity index is 2430. The van der Waals surface area contributed by atoms with Crippen molar-refractivity contribution in [1.82, 2.24) is 58.5 Å². The summed E-state index contributed by atoms with van der Waals surface area (Å²) in [6.07, 6.45) is 0.978. The molecule has 0 radical (unpaired) electrons. The second kappa shape index (κ2) is 37.1. The van der Waals surface area contributed by atoms with Crippen molar-refractivity contribution in [2.24, 2.45) is 40.1 Å². The van der Waals surface area contributed by atoms with E-state index in [1.165, 1.54) is 20.8 Å². The molecular formula is C57H96N14O14. The Morgan fingerprint density at radius 2 is 1.01 bits per heavy atom. The molecule has 28 nitrogen and oxygen atoms in total. The highest BCUT2D eigenvalue weighted by atomic mass is 16.5. The highest BCUT2D eigenvalue weighted by molar-refractivity contribution is 5.99. The average molecular weight is 1200 g/mol. The number of aliphatic imine (C=N–C) groups is 1. The van der Waals surface area contributed by atoms with E-state index >= 15 is 0 Å². The Morgan fingerprint density at radius 1 is 0.576 bits per heavy atom. The van der Waals surface area contributed by atoms with E-state index < -0.39 is 174 Å². The molecule has 10 amide bonds. The summed E-state index contributed by atoms with van der Waals surface area (Å²) in [5, 5.41) is 49.5. The molecule has 1 saturated heterocycles. The van der Waals surface area contributed by atoms with Crippen LogP contribution in [0.1, 0.15) is 127 Å². The number of esters is 1. The summed E-state index contributed by atoms with van der Waals surface area (Å²) in [5.41, 5.74) is 12.1. The minimum absolute atomic E-state index is 0.0164. The van der Waals surface area contributed by atoms with Gasteiger partial charge in [-0.2, -0.15) is 0 Å². The van der Waals surface area contributed by atoms with Crippen LogP contribution in [0.25, 0.3) is 0 Å². The molecule has 1 heterocycles. The largest absolute Gasteiger partial charge is 0.458 e. The van der Waals surface area contributed by atoms with Gasteiger partial charge in [0, 0.05) is 6.54 Å². The van der Waals surface area contributed by atoms with Gasteiger partial charge in [0.05, 0.1) is 19.3 Å². The number of nitrogens with one attached hydrogen (secondary N) is 11. The zero-order chi connectivity index (χ0) is 64.2. The lowest BCUT2D eigenvalue weighted by atomic mass is 9.94. The summed E-state index contributed by atoms with van der Waals surface area (Å²) in [5.74, 6) is -11.8. The first-order valence-electron chi connectivity index (χ1n) is 29.4. The van der Waals surface area contributed by atoms with Gasteiger partial charge in [-0.3, -0.25) is 52.9 Å². The third-order valence-electron chi connectivity index (χ3n) is 15.4. The van der Waals surface area contributed by atoms with Gasteiger partial charge in [-0.1, -0.05) is 111 Å². The van der Waals surface area contributed by atoms with E-state index in [9.17, 15) is 63.0 Å². The number of cyclic esters (lactones) is 1. The van der Waals surface area contributed by atoms with Crippen LogP contribution in [0.4, 0.5) is 0 Å². The zero-order valence-electron chi connectivity index (χ0n) is 51.3. The average Bonchev–Trinajstić information content (AvgIpc) is 3.82. The Hall–Kier alpha value is -7.46. The summed E-state index contributed by atoms with van der Waals surface area (Å²) >= 11 is 0. The van der Waals surface area contributed by atoms with E-state index in [1.807, 2.05) is 37.3 Å². The Morgan fingerprint density at radius 3 is 1.48 bits per heavy atom. The highest BCUT2D eigenvalue weighted by Crippen LogP contribution is 2.17. The van der Waals surface area contributed by atoms with Crippen LogP contribution in [0.15, 0.2) is 35.3 Å². The minimum atomic E-state index is -1.79. The van der Waals surface area contributed by atoms with Gasteiger partial charge in [0.25, 0.3) is 0 Å². The maximum Gasteiger partial charge on any atom is 0.329 e. The van der Waals surface area contributed by atoms with Gasteiger partial charge in [-0.25, -0.2) is 4.79 Å². The minimum Gasteiger partial charge on any atom is -0.458 e. The number of ether oxygens (including phenoxy) is 1. The number of aliphatic hydroxyl groups is 2. The quantitative estimate of drug-likeness (QED) is 0.0151. The van der Waals surface area contributed by atoms with Crippen molar-refractivity contribution in [2.45, 2.75) is 200 Å². The SMILES string of the molecule is CC[C@@H](C)[C@@H](NC(=O)[C@@H](CCCN=C(N)N)NC(=O)[C@H](CO)NC(=O)[C@@H](NC(=O)[C@@H](CCc1ccccc1)NC)[C@@H](C)CC)C(=O)N[C@H](C(=O)N[C@@H](CO)C(=O)N[C@H]1C(=O)N[C@@H](C)C(=O)N[C@@H](C)C(=O)N[C@@H]([C@@H](C)CC)C(=O)O[C@H]1C)[C@@H](C)CC. The van der Waals surface area contributed by atoms with Crippen LogP contribution in [-0.2, 0) is 63.9 Å². The van der Waals surface area contributed by atoms with Gasteiger partial charge in [-0.05, 0) is 82.7 Å². The van der Waals surface area contributed by atoms with Crippen molar-refractivity contribution in [3.05, 3.63) is 35.9 Å². The molecular weight excluding hydrogens is 1100 g/mol. The number of hydrogen-bond acceptors (Lipinski definition) is 16. The van der Waals surface area contributed by atoms with Gasteiger partial charge in [0.15, 0.2) is 5.96 Å². The number of guanidine groups is 1. The number of amides is 10. The van der Waals surface area contributed by atoms with Gasteiger partial charge in [0.1, 0.15) is 66.5 Å². The summed E-state index contributed by atoms with van der Waals surface area (Å²) in [4.78, 5) is 156. The van der Waals surface area contributed by atoms with Crippen LogP contribution in [0.3, 0.4) is 0 Å². The van der Waals surface area contributed by atoms with Gasteiger partial charge in [-0.15, -0.1) is 0 Å². The fourth-order valence-electron chi connectivity index (χ4n) is 8.87. The number of hydrogen-bond donors (Lipinski definition) is 15. The van der Waals surface area contributed by atoms with Gasteiger partial charge < -0.3 is 84.9 Å². The van der Waals surface area contributed by atoms with Crippen LogP contribution in [0.5, 0.6) is 0 Å². The first kappa shape index (κ1) is 73.6. The standard InChI is InChI=1S/C57H96N14O14/c1-13-29(5)41(67-48(76)37(60-12)25-24-36-21-18-17-19-22-36)52(80)65-39(27-72)50(78)64-38(23-20-26-61-57(58)59)49(77)68-43(31(7)15-3)54(82)69-42(30(6)14-2)53(81)66-40(28-73)51(79)71-45-35(11)85-56(84)44(32(8)16-4)70-47(75)34(10)62-46(74)33(9)63-55(45)83/h17-19,21-22,29-35,37-45,60,72-73H,13-16,20,23-28H2,1-12H3,(H,62,74)(H,63,83)(H,64,78)(H,65,80)(H,66,81)(H,67,76)(H,68,77)(H,69,82)(H,70,75)(H,71,79)(H4,58,59,61)/t29-,30-,31+,32-,33-,34-,35-,37+,38+,39-,40-,41-,42-,43+,44-,45+/m0/s1. The monoisotopic (exact) mass is 1200 g/mol. The number of aryl methyl sites for hydroxylation is 1. The Balaban J connectivity index is 2.41. The summed E-state index contributed by atoms with van der Waals surface area (Å²) in [6.45, 7) is 15.8. The highest BCUT2D eigenvalue weighted by Gasteiger charge is 2.40. The summed E-state index contributed by atoms with van der Waals surface area (Å²) in [6, 6.07) is -5.23. The van der Waals surface area contributed by atoms with Crippen LogP contribution in [-0.4, -0.2) is 181 Å². The number of nitrogens with two attached hydrogens (primary N) is 2. The topological polar surface area (TPSA) is 434 Å². The third-order valence-corrected chi connectivity index (χ3v) is 15.4. The molecule has 0 bridgehead atoms. The van der Waals surface area contributed by atoms with Crippen molar-refractivity contribution in [2.75, 3.05) is 26.8 Å². The molecule has 1 aromatic rings. The molecule has 0 spiro atoms. The predicted octanol–water partition coefficient (Wildman–Crippen LogP) is -2.74. The van der Waals surface area contributed by atoms with E-state index in [0.717, 1.165) is 5.56 Å². The maximum atomic E-state index is 14.4. The number of rotatable bonds is 32. The predicted molar refractivity (Wildman–Crippen MR) is 316 cm³/mol. The van der Waals surface area contributed by atoms with Crippen LogP contribution in [0, 0.1) is 23.7 Å². The molecule has 2 rings (SSSR count). The third kappa shape index (κ3) is 23.5. The fourth-order valence-corrected chi connectivity index (χ4v) is 8.87. The lowest BCUT2D eigenvalue weighted by Crippen LogP contribution is -2.63. The molecule has 16 atom stereocenters. The molecule has 85 heavy (non-hydrogen) atoms. The Kier molecular flexibility index (Phi) is 32.1. The van der Waals surface area contributed by atoms with Crippen LogP contribution in [0.2, 0.25) is 0 Å². The molecule has 0 aliphatic carbocycles. The molecule has 0 saturated carbocycles. The van der Waals surface area contributed by atoms with Crippen molar-refractivity contribution < 1.29 is 67.7 Å². The number of aliphatic hydroxyl groups excluding tert-OH is 2. The number of carbonyl (C=O) groups is 11. The molecule has 1 fully saturated rings. The smallest absolute Gasteiger partial charge is 0.329 e. The number of likely N-dealkylation sites (N-methyl/N-ethyl adjacent to an activating group) is 1. The number of nitrogens with zero attached hydrogens (tertiary/aromatic N) is 1. The second-order valence-electron chi connectivity index (χ2n) is 21.9. The molecule has 1 aliphatic heterocycles. The van der Waals surface area contributed by atoms with Crippen molar-refractivity contribution in [3.8, 4) is 0 Å². The van der Waals surface area contributed by atoms with E-state index in [1.54, 1.807) is 55.5 Å². The number of benzene rings is 1. The lowest BCUT2D eigenvalue weighted by Gasteiger charge is -2.31. The molecule has 1 aromatic carbocycles. The molecule has 17 N–H and O–H groups in total. The molecule has 28 heteroatoms. The van der Waals surface area contributed by atoms with Crippen molar-refractivity contribution in [3.63, 3.8) is 0 Å². The van der Waals surface area contributed by atoms with Crippen molar-refractivity contribution >= 4 is 71.0 Å². The normalized spacial score (nSPS) is 21.4. The molecule has 0 unspecified atom stereocenters. The fraction of sp³-hybridized carbons (Fsp3) is 0.684.